The molecule has 2 N–H and O–H groups in total. The first-order valence-corrected chi connectivity index (χ1v) is 10.6. The summed E-state index contributed by atoms with van der Waals surface area (Å²) in [6.45, 7) is 5.49. The van der Waals surface area contributed by atoms with Crippen molar-refractivity contribution in [3.05, 3.63) is 70.0 Å². The number of carbonyl (C=O) groups is 1. The number of nitrogens with zero attached hydrogens (tertiary/aromatic N) is 1. The number of nitrogens with one attached hydrogen (secondary N) is 2. The topological polar surface area (TPSA) is 88.2 Å². The highest BCUT2D eigenvalue weighted by Gasteiger charge is 2.20. The number of rotatable bonds is 5. The maximum absolute atomic E-state index is 13.0. The molecule has 1 aromatic heterocycles. The molecule has 0 saturated heterocycles. The number of aromatic nitrogens is 1. The summed E-state index contributed by atoms with van der Waals surface area (Å²) in [7, 11) is -3.93. The minimum atomic E-state index is -3.93. The van der Waals surface area contributed by atoms with Gasteiger partial charge in [-0.1, -0.05) is 29.0 Å². The van der Waals surface area contributed by atoms with Crippen LogP contribution in [0.2, 0.25) is 0 Å². The second-order valence-corrected chi connectivity index (χ2v) is 8.95. The smallest absolute Gasteiger partial charge is 0.267 e. The van der Waals surface area contributed by atoms with Crippen molar-refractivity contribution in [3.63, 3.8) is 0 Å². The predicted octanol–water partition coefficient (Wildman–Crippen LogP) is 4.26. The van der Waals surface area contributed by atoms with E-state index in [2.05, 4.69) is 15.0 Å². The van der Waals surface area contributed by atoms with Gasteiger partial charge in [-0.2, -0.15) is 0 Å². The molecule has 3 rings (SSSR count). The summed E-state index contributed by atoms with van der Waals surface area (Å²) in [5.41, 5.74) is 3.09. The van der Waals surface area contributed by atoms with Crippen LogP contribution in [0.1, 0.15) is 26.5 Å². The van der Waals surface area contributed by atoms with Gasteiger partial charge in [-0.05, 0) is 56.7 Å². The lowest BCUT2D eigenvalue weighted by Crippen LogP contribution is -2.12. The van der Waals surface area contributed by atoms with Crippen LogP contribution >= 0.6 is 11.3 Å². The molecule has 1 heterocycles. The number of hydrogen-bond acceptors (Lipinski definition) is 5. The number of anilines is 2. The van der Waals surface area contributed by atoms with Crippen LogP contribution in [-0.2, 0) is 10.0 Å². The lowest BCUT2D eigenvalue weighted by molar-refractivity contribution is 0.102. The Hall–Kier alpha value is -2.78. The van der Waals surface area contributed by atoms with Gasteiger partial charge >= 0.3 is 0 Å². The maximum Gasteiger partial charge on any atom is 0.267 e. The van der Waals surface area contributed by atoms with Gasteiger partial charge in [0.1, 0.15) is 10.7 Å². The summed E-state index contributed by atoms with van der Waals surface area (Å²) in [6.07, 6.45) is 0. The monoisotopic (exact) mass is 419 g/mol. The molecule has 0 bridgehead atoms. The fourth-order valence-electron chi connectivity index (χ4n) is 2.57. The molecular formula is C19H18FN3O3S2. The molecule has 0 spiro atoms. The van der Waals surface area contributed by atoms with Crippen molar-refractivity contribution in [2.45, 2.75) is 25.7 Å². The second kappa shape index (κ2) is 7.69. The molecule has 28 heavy (non-hydrogen) atoms. The molecule has 0 unspecified atom stereocenters. The standard InChI is InChI=1S/C19H18FN3O3S2/c1-11-4-9-16(12(2)10-11)22-18(24)17-13(3)21-19(27-17)23-28(25,26)15-7-5-14(20)6-8-15/h4-10H,1-3H3,(H,21,23)(H,22,24). The Balaban J connectivity index is 1.80. The van der Waals surface area contributed by atoms with E-state index in [1.54, 1.807) is 6.92 Å². The molecule has 2 aromatic carbocycles. The normalized spacial score (nSPS) is 11.3. The minimum absolute atomic E-state index is 0.0626. The lowest BCUT2D eigenvalue weighted by Gasteiger charge is -2.08. The van der Waals surface area contributed by atoms with Gasteiger partial charge in [-0.15, -0.1) is 0 Å². The largest absolute Gasteiger partial charge is 0.321 e. The van der Waals surface area contributed by atoms with Gasteiger partial charge < -0.3 is 5.32 Å². The number of benzene rings is 2. The van der Waals surface area contributed by atoms with Crippen molar-refractivity contribution in [2.75, 3.05) is 10.0 Å². The molecule has 0 saturated carbocycles. The number of halogens is 1. The molecule has 0 radical (unpaired) electrons. The predicted molar refractivity (Wildman–Crippen MR) is 108 cm³/mol. The molecule has 0 fully saturated rings. The molecule has 146 valence electrons. The van der Waals surface area contributed by atoms with Crippen LogP contribution in [-0.4, -0.2) is 19.3 Å². The number of thiazole rings is 1. The van der Waals surface area contributed by atoms with Crippen LogP contribution in [0.15, 0.2) is 47.4 Å². The van der Waals surface area contributed by atoms with Gasteiger partial charge in [-0.3, -0.25) is 9.52 Å². The van der Waals surface area contributed by atoms with E-state index in [0.29, 0.717) is 16.3 Å². The van der Waals surface area contributed by atoms with E-state index >= 15 is 0 Å². The van der Waals surface area contributed by atoms with Crippen LogP contribution in [0.4, 0.5) is 15.2 Å². The van der Waals surface area contributed by atoms with Crippen molar-refractivity contribution in [3.8, 4) is 0 Å². The van der Waals surface area contributed by atoms with Crippen molar-refractivity contribution in [1.29, 1.82) is 0 Å². The van der Waals surface area contributed by atoms with Crippen LogP contribution in [0, 0.1) is 26.6 Å². The van der Waals surface area contributed by atoms with Crippen molar-refractivity contribution in [2.24, 2.45) is 0 Å². The average Bonchev–Trinajstić information content (AvgIpc) is 2.97. The zero-order valence-corrected chi connectivity index (χ0v) is 17.0. The quantitative estimate of drug-likeness (QED) is 0.647. The van der Waals surface area contributed by atoms with E-state index < -0.39 is 15.8 Å². The number of hydrogen-bond donors (Lipinski definition) is 2. The van der Waals surface area contributed by atoms with E-state index in [1.165, 1.54) is 0 Å². The van der Waals surface area contributed by atoms with Crippen molar-refractivity contribution in [1.82, 2.24) is 4.98 Å². The fraction of sp³-hybridized carbons (Fsp3) is 0.158. The SMILES string of the molecule is Cc1ccc(NC(=O)c2sc(NS(=O)(=O)c3ccc(F)cc3)nc2C)c(C)c1. The third-order valence-corrected chi connectivity index (χ3v) is 6.53. The van der Waals surface area contributed by atoms with E-state index in [0.717, 1.165) is 46.7 Å². The highest BCUT2D eigenvalue weighted by atomic mass is 32.2. The molecular weight excluding hydrogens is 401 g/mol. The Morgan fingerprint density at radius 3 is 2.39 bits per heavy atom. The van der Waals surface area contributed by atoms with Gasteiger partial charge in [0.15, 0.2) is 5.13 Å². The van der Waals surface area contributed by atoms with Crippen LogP contribution in [0.3, 0.4) is 0 Å². The molecule has 9 heteroatoms. The van der Waals surface area contributed by atoms with Gasteiger partial charge in [0, 0.05) is 5.69 Å². The summed E-state index contributed by atoms with van der Waals surface area (Å²) >= 11 is 0.933. The Bertz CT molecular complexity index is 1140. The summed E-state index contributed by atoms with van der Waals surface area (Å²) in [4.78, 5) is 16.9. The van der Waals surface area contributed by atoms with Crippen LogP contribution in [0.5, 0.6) is 0 Å². The van der Waals surface area contributed by atoms with Gasteiger partial charge in [0.05, 0.1) is 10.6 Å². The van der Waals surface area contributed by atoms with E-state index in [1.807, 2.05) is 32.0 Å². The summed E-state index contributed by atoms with van der Waals surface area (Å²) in [5.74, 6) is -0.899. The van der Waals surface area contributed by atoms with Crippen LogP contribution < -0.4 is 10.0 Å². The van der Waals surface area contributed by atoms with Crippen molar-refractivity contribution >= 4 is 38.1 Å². The zero-order chi connectivity index (χ0) is 20.5. The highest BCUT2D eigenvalue weighted by Crippen LogP contribution is 2.27. The highest BCUT2D eigenvalue weighted by molar-refractivity contribution is 7.93. The third-order valence-electron chi connectivity index (χ3n) is 3.98. The lowest BCUT2D eigenvalue weighted by atomic mass is 10.1. The van der Waals surface area contributed by atoms with Gasteiger partial charge in [0.2, 0.25) is 0 Å². The number of aryl methyl sites for hydroxylation is 3. The minimum Gasteiger partial charge on any atom is -0.321 e. The first-order valence-electron chi connectivity index (χ1n) is 8.30. The molecule has 1 amide bonds. The summed E-state index contributed by atoms with van der Waals surface area (Å²) in [6, 6.07) is 10.1. The Kier molecular flexibility index (Phi) is 5.48. The Morgan fingerprint density at radius 2 is 1.75 bits per heavy atom. The van der Waals surface area contributed by atoms with Crippen molar-refractivity contribution < 1.29 is 17.6 Å². The number of carbonyl (C=O) groups excluding carboxylic acids is 1. The molecule has 6 nitrogen and oxygen atoms in total. The first-order chi connectivity index (χ1) is 13.2. The Labute approximate surface area is 166 Å². The first kappa shape index (κ1) is 20.0. The maximum atomic E-state index is 13.0. The fourth-order valence-corrected chi connectivity index (χ4v) is 4.67. The van der Waals surface area contributed by atoms with E-state index in [4.69, 9.17) is 0 Å². The van der Waals surface area contributed by atoms with E-state index in [-0.39, 0.29) is 15.9 Å². The molecule has 0 aliphatic rings. The van der Waals surface area contributed by atoms with Crippen LogP contribution in [0.25, 0.3) is 0 Å². The molecule has 0 aliphatic heterocycles. The van der Waals surface area contributed by atoms with Gasteiger partial charge in [0.25, 0.3) is 15.9 Å². The number of amides is 1. The second-order valence-electron chi connectivity index (χ2n) is 6.27. The zero-order valence-electron chi connectivity index (χ0n) is 15.4. The summed E-state index contributed by atoms with van der Waals surface area (Å²) < 4.78 is 40.1. The van der Waals surface area contributed by atoms with E-state index in [9.17, 15) is 17.6 Å². The Morgan fingerprint density at radius 1 is 1.07 bits per heavy atom. The molecule has 0 aliphatic carbocycles. The number of sulfonamides is 1. The summed E-state index contributed by atoms with van der Waals surface area (Å²) in [5, 5.41) is 2.88. The van der Waals surface area contributed by atoms with Gasteiger partial charge in [-0.25, -0.2) is 17.8 Å². The molecule has 3 aromatic rings. The average molecular weight is 420 g/mol. The molecule has 0 atom stereocenters. The third kappa shape index (κ3) is 4.37.